The standard InChI is InChI=1S/C11H20N2O2/c1-4-9(8-12)10(15)13-11(3,5-2)6-7-14/h9,14H,4-7H2,1-3H3,(H,13,15). The van der Waals surface area contributed by atoms with Gasteiger partial charge < -0.3 is 10.4 Å². The van der Waals surface area contributed by atoms with E-state index in [2.05, 4.69) is 5.32 Å². The van der Waals surface area contributed by atoms with Gasteiger partial charge in [0.05, 0.1) is 6.07 Å². The Balaban J connectivity index is 4.42. The molecule has 0 radical (unpaired) electrons. The minimum atomic E-state index is -0.588. The van der Waals surface area contributed by atoms with Crippen LogP contribution in [0.25, 0.3) is 0 Å². The van der Waals surface area contributed by atoms with Crippen molar-refractivity contribution in [3.8, 4) is 6.07 Å². The first-order valence-corrected chi connectivity index (χ1v) is 5.35. The van der Waals surface area contributed by atoms with E-state index < -0.39 is 11.5 Å². The fourth-order valence-corrected chi connectivity index (χ4v) is 1.29. The molecule has 2 atom stereocenters. The van der Waals surface area contributed by atoms with Crippen LogP contribution in [0, 0.1) is 17.2 Å². The quantitative estimate of drug-likeness (QED) is 0.695. The molecule has 2 N–H and O–H groups in total. The van der Waals surface area contributed by atoms with Crippen LogP contribution in [0.5, 0.6) is 0 Å². The molecule has 86 valence electrons. The van der Waals surface area contributed by atoms with E-state index >= 15 is 0 Å². The van der Waals surface area contributed by atoms with Crippen molar-refractivity contribution >= 4 is 5.91 Å². The molecule has 0 fully saturated rings. The summed E-state index contributed by atoms with van der Waals surface area (Å²) in [5.74, 6) is -0.827. The fraction of sp³-hybridized carbons (Fsp3) is 0.818. The van der Waals surface area contributed by atoms with Crippen molar-refractivity contribution in [2.24, 2.45) is 5.92 Å². The van der Waals surface area contributed by atoms with E-state index in [1.165, 1.54) is 0 Å². The molecule has 2 unspecified atom stereocenters. The summed E-state index contributed by atoms with van der Waals surface area (Å²) >= 11 is 0. The summed E-state index contributed by atoms with van der Waals surface area (Å²) < 4.78 is 0. The normalized spacial score (nSPS) is 16.2. The van der Waals surface area contributed by atoms with E-state index in [0.29, 0.717) is 12.8 Å². The third-order valence-corrected chi connectivity index (χ3v) is 2.75. The highest BCUT2D eigenvalue weighted by Crippen LogP contribution is 2.15. The molecule has 0 saturated heterocycles. The first-order valence-electron chi connectivity index (χ1n) is 5.35. The van der Waals surface area contributed by atoms with E-state index in [-0.39, 0.29) is 12.5 Å². The number of rotatable bonds is 6. The molecule has 0 aromatic rings. The number of hydrogen-bond donors (Lipinski definition) is 2. The Bertz CT molecular complexity index is 247. The first-order chi connectivity index (χ1) is 7.02. The molecule has 15 heavy (non-hydrogen) atoms. The van der Waals surface area contributed by atoms with Gasteiger partial charge in [0, 0.05) is 12.1 Å². The summed E-state index contributed by atoms with van der Waals surface area (Å²) in [5.41, 5.74) is -0.407. The van der Waals surface area contributed by atoms with Crippen molar-refractivity contribution in [2.75, 3.05) is 6.61 Å². The molecular weight excluding hydrogens is 192 g/mol. The number of aliphatic hydroxyl groups is 1. The second-order valence-electron chi connectivity index (χ2n) is 3.97. The van der Waals surface area contributed by atoms with Gasteiger partial charge in [-0.2, -0.15) is 5.26 Å². The summed E-state index contributed by atoms with van der Waals surface area (Å²) in [6, 6.07) is 1.97. The Morgan fingerprint density at radius 3 is 2.53 bits per heavy atom. The van der Waals surface area contributed by atoms with Crippen LogP contribution in [-0.2, 0) is 4.79 Å². The Morgan fingerprint density at radius 1 is 1.60 bits per heavy atom. The molecule has 0 aliphatic heterocycles. The Kier molecular flexibility index (Phi) is 5.95. The zero-order valence-electron chi connectivity index (χ0n) is 9.71. The average Bonchev–Trinajstić information content (AvgIpc) is 2.20. The van der Waals surface area contributed by atoms with Gasteiger partial charge in [-0.3, -0.25) is 4.79 Å². The summed E-state index contributed by atoms with van der Waals surface area (Å²) in [4.78, 5) is 11.6. The lowest BCUT2D eigenvalue weighted by Gasteiger charge is -2.29. The molecule has 0 aliphatic rings. The zero-order valence-corrected chi connectivity index (χ0v) is 9.71. The highest BCUT2D eigenvalue weighted by Gasteiger charge is 2.26. The maximum Gasteiger partial charge on any atom is 0.237 e. The van der Waals surface area contributed by atoms with Crippen molar-refractivity contribution < 1.29 is 9.90 Å². The van der Waals surface area contributed by atoms with Gasteiger partial charge in [0.15, 0.2) is 0 Å². The van der Waals surface area contributed by atoms with Crippen molar-refractivity contribution in [3.05, 3.63) is 0 Å². The summed E-state index contributed by atoms with van der Waals surface area (Å²) in [6.45, 7) is 5.67. The maximum absolute atomic E-state index is 11.6. The van der Waals surface area contributed by atoms with E-state index in [9.17, 15) is 4.79 Å². The molecule has 0 aromatic heterocycles. The van der Waals surface area contributed by atoms with Gasteiger partial charge in [-0.05, 0) is 26.2 Å². The van der Waals surface area contributed by atoms with Crippen LogP contribution >= 0.6 is 0 Å². The van der Waals surface area contributed by atoms with Crippen LogP contribution in [-0.4, -0.2) is 23.2 Å². The lowest BCUT2D eigenvalue weighted by Crippen LogP contribution is -2.48. The Morgan fingerprint density at radius 2 is 2.20 bits per heavy atom. The average molecular weight is 212 g/mol. The molecule has 0 spiro atoms. The van der Waals surface area contributed by atoms with Gasteiger partial charge in [-0.15, -0.1) is 0 Å². The third-order valence-electron chi connectivity index (χ3n) is 2.75. The number of hydrogen-bond acceptors (Lipinski definition) is 3. The van der Waals surface area contributed by atoms with Gasteiger partial charge in [-0.1, -0.05) is 13.8 Å². The van der Waals surface area contributed by atoms with Gasteiger partial charge in [0.25, 0.3) is 0 Å². The number of nitriles is 1. The lowest BCUT2D eigenvalue weighted by molar-refractivity contribution is -0.125. The molecule has 1 amide bonds. The number of aliphatic hydroxyl groups excluding tert-OH is 1. The van der Waals surface area contributed by atoms with Crippen molar-refractivity contribution in [1.82, 2.24) is 5.32 Å². The van der Waals surface area contributed by atoms with Crippen molar-refractivity contribution in [1.29, 1.82) is 5.26 Å². The van der Waals surface area contributed by atoms with Crippen LogP contribution in [0.15, 0.2) is 0 Å². The summed E-state index contributed by atoms with van der Waals surface area (Å²) in [5, 5.41) is 20.4. The van der Waals surface area contributed by atoms with E-state index in [4.69, 9.17) is 10.4 Å². The Hall–Kier alpha value is -1.08. The largest absolute Gasteiger partial charge is 0.396 e. The molecule has 4 heteroatoms. The van der Waals surface area contributed by atoms with Gasteiger partial charge in [0.2, 0.25) is 5.91 Å². The molecule has 0 heterocycles. The van der Waals surface area contributed by atoms with E-state index in [1.54, 1.807) is 0 Å². The fourth-order valence-electron chi connectivity index (χ4n) is 1.29. The summed E-state index contributed by atoms with van der Waals surface area (Å²) in [6.07, 6.45) is 1.76. The summed E-state index contributed by atoms with van der Waals surface area (Å²) in [7, 11) is 0. The van der Waals surface area contributed by atoms with Crippen LogP contribution in [0.2, 0.25) is 0 Å². The second-order valence-corrected chi connectivity index (χ2v) is 3.97. The number of nitrogens with one attached hydrogen (secondary N) is 1. The zero-order chi connectivity index (χ0) is 11.9. The first kappa shape index (κ1) is 13.9. The third kappa shape index (κ3) is 4.30. The van der Waals surface area contributed by atoms with Crippen LogP contribution in [0.3, 0.4) is 0 Å². The SMILES string of the molecule is CCC(C#N)C(=O)NC(C)(CC)CCO. The Labute approximate surface area is 91.3 Å². The second kappa shape index (κ2) is 6.41. The smallest absolute Gasteiger partial charge is 0.237 e. The topological polar surface area (TPSA) is 73.1 Å². The highest BCUT2D eigenvalue weighted by atomic mass is 16.3. The predicted molar refractivity (Wildman–Crippen MR) is 57.9 cm³/mol. The predicted octanol–water partition coefficient (Wildman–Crippen LogP) is 1.20. The van der Waals surface area contributed by atoms with Crippen LogP contribution in [0.4, 0.5) is 0 Å². The van der Waals surface area contributed by atoms with Crippen LogP contribution < -0.4 is 5.32 Å². The van der Waals surface area contributed by atoms with Gasteiger partial charge >= 0.3 is 0 Å². The van der Waals surface area contributed by atoms with Crippen LogP contribution in [0.1, 0.15) is 40.0 Å². The monoisotopic (exact) mass is 212 g/mol. The molecule has 0 aromatic carbocycles. The minimum Gasteiger partial charge on any atom is -0.396 e. The molecule has 0 aliphatic carbocycles. The van der Waals surface area contributed by atoms with Crippen molar-refractivity contribution in [2.45, 2.75) is 45.6 Å². The molecular formula is C11H20N2O2. The van der Waals surface area contributed by atoms with Gasteiger partial charge in [0.1, 0.15) is 5.92 Å². The molecule has 0 bridgehead atoms. The molecule has 0 rings (SSSR count). The van der Waals surface area contributed by atoms with E-state index in [1.807, 2.05) is 26.8 Å². The number of amides is 1. The number of carbonyl (C=O) groups excluding carboxylic acids is 1. The number of carbonyl (C=O) groups is 1. The lowest BCUT2D eigenvalue weighted by atomic mass is 9.93. The van der Waals surface area contributed by atoms with E-state index in [0.717, 1.165) is 6.42 Å². The minimum absolute atomic E-state index is 0.0357. The maximum atomic E-state index is 11.6. The number of nitrogens with zero attached hydrogens (tertiary/aromatic N) is 1. The molecule has 0 saturated carbocycles. The highest BCUT2D eigenvalue weighted by molar-refractivity contribution is 5.81. The van der Waals surface area contributed by atoms with Crippen molar-refractivity contribution in [3.63, 3.8) is 0 Å². The van der Waals surface area contributed by atoms with Gasteiger partial charge in [-0.25, -0.2) is 0 Å². The molecule has 4 nitrogen and oxygen atoms in total.